The highest BCUT2D eigenvalue weighted by atomic mass is 35.5. The largest absolute Gasteiger partial charge is 0.489 e. The summed E-state index contributed by atoms with van der Waals surface area (Å²) in [4.78, 5) is 17.4. The Bertz CT molecular complexity index is 1420. The molecule has 0 bridgehead atoms. The molecule has 1 N–H and O–H groups in total. The van der Waals surface area contributed by atoms with E-state index in [4.69, 9.17) is 20.8 Å². The lowest BCUT2D eigenvalue weighted by molar-refractivity contribution is 0.0598. The topological polar surface area (TPSA) is 58.0 Å². The maximum absolute atomic E-state index is 13.2. The number of carbonyl (C=O) groups excluding carboxylic acids is 1. The summed E-state index contributed by atoms with van der Waals surface area (Å²) < 4.78 is 12.1. The number of carbonyl (C=O) groups is 1. The summed E-state index contributed by atoms with van der Waals surface area (Å²) in [5.74, 6) is 1.78. The van der Waals surface area contributed by atoms with Gasteiger partial charge in [0, 0.05) is 38.3 Å². The molecule has 0 radical (unpaired) electrons. The van der Waals surface area contributed by atoms with Crippen LogP contribution in [0.15, 0.2) is 89.3 Å². The molecule has 3 heterocycles. The van der Waals surface area contributed by atoms with Crippen LogP contribution in [0.25, 0.3) is 22.5 Å². The van der Waals surface area contributed by atoms with Crippen molar-refractivity contribution in [2.45, 2.75) is 25.5 Å². The number of nitrogens with one attached hydrogen (secondary N) is 1. The lowest BCUT2D eigenvalue weighted by Crippen LogP contribution is -2.48. The van der Waals surface area contributed by atoms with Gasteiger partial charge in [-0.1, -0.05) is 72.3 Å². The number of hydrogen-bond donors (Lipinski definition) is 1. The molecule has 2 saturated heterocycles. The smallest absolute Gasteiger partial charge is 0.289 e. The van der Waals surface area contributed by atoms with E-state index in [9.17, 15) is 4.79 Å². The van der Waals surface area contributed by atoms with Crippen LogP contribution in [-0.2, 0) is 6.54 Å². The molecule has 2 aliphatic heterocycles. The highest BCUT2D eigenvalue weighted by Gasteiger charge is 2.25. The minimum atomic E-state index is -0.0609. The Kier molecular flexibility index (Phi) is 8.19. The maximum atomic E-state index is 13.2. The maximum Gasteiger partial charge on any atom is 0.289 e. The van der Waals surface area contributed by atoms with Gasteiger partial charge in [-0.3, -0.25) is 9.69 Å². The monoisotopic (exact) mass is 555 g/mol. The van der Waals surface area contributed by atoms with Gasteiger partial charge in [-0.15, -0.1) is 0 Å². The third kappa shape index (κ3) is 6.25. The molecule has 206 valence electrons. The molecule has 0 spiro atoms. The van der Waals surface area contributed by atoms with Crippen molar-refractivity contribution in [3.05, 3.63) is 101 Å². The average molecular weight is 556 g/mol. The molecule has 0 aliphatic carbocycles. The fraction of sp³-hybridized carbons (Fsp3) is 0.303. The molecular formula is C33H34ClN3O3. The second-order valence-electron chi connectivity index (χ2n) is 10.5. The Morgan fingerprint density at radius 3 is 2.27 bits per heavy atom. The summed E-state index contributed by atoms with van der Waals surface area (Å²) in [5.41, 5.74) is 4.42. The lowest BCUT2D eigenvalue weighted by Gasteiger charge is -2.34. The normalized spacial score (nSPS) is 16.7. The summed E-state index contributed by atoms with van der Waals surface area (Å²) in [7, 11) is 0. The zero-order valence-electron chi connectivity index (χ0n) is 22.5. The minimum absolute atomic E-state index is 0.0609. The first-order valence-corrected chi connectivity index (χ1v) is 14.4. The number of rotatable bonds is 7. The van der Waals surface area contributed by atoms with Crippen LogP contribution >= 0.6 is 11.6 Å². The summed E-state index contributed by atoms with van der Waals surface area (Å²) >= 11 is 6.56. The summed E-state index contributed by atoms with van der Waals surface area (Å²) in [6, 6.07) is 28.2. The molecule has 0 atom stereocenters. The number of amides is 1. The zero-order valence-corrected chi connectivity index (χ0v) is 23.3. The number of furan rings is 1. The molecule has 0 unspecified atom stereocenters. The second-order valence-corrected chi connectivity index (χ2v) is 10.9. The van der Waals surface area contributed by atoms with Crippen molar-refractivity contribution in [3.8, 4) is 28.2 Å². The number of piperidine rings is 1. The fourth-order valence-electron chi connectivity index (χ4n) is 5.42. The van der Waals surface area contributed by atoms with Gasteiger partial charge in [0.2, 0.25) is 0 Å². The van der Waals surface area contributed by atoms with Crippen LogP contribution in [0.3, 0.4) is 0 Å². The van der Waals surface area contributed by atoms with Gasteiger partial charge in [0.25, 0.3) is 5.91 Å². The number of piperazine rings is 1. The molecule has 6 nitrogen and oxygen atoms in total. The molecule has 0 saturated carbocycles. The summed E-state index contributed by atoms with van der Waals surface area (Å²) in [6.07, 6.45) is 2.23. The number of nitrogens with zero attached hydrogens (tertiary/aromatic N) is 2. The molecular weight excluding hydrogens is 522 g/mol. The molecule has 2 fully saturated rings. The van der Waals surface area contributed by atoms with Gasteiger partial charge in [-0.05, 0) is 66.9 Å². The number of halogens is 1. The van der Waals surface area contributed by atoms with Crippen molar-refractivity contribution in [3.63, 3.8) is 0 Å². The number of benzene rings is 3. The Balaban J connectivity index is 1.01. The van der Waals surface area contributed by atoms with Gasteiger partial charge in [0.15, 0.2) is 5.76 Å². The highest BCUT2D eigenvalue weighted by molar-refractivity contribution is 6.32. The van der Waals surface area contributed by atoms with Crippen LogP contribution in [-0.4, -0.2) is 61.1 Å². The second kappa shape index (κ2) is 12.3. The van der Waals surface area contributed by atoms with E-state index in [2.05, 4.69) is 40.5 Å². The number of ether oxygens (including phenoxy) is 1. The van der Waals surface area contributed by atoms with Gasteiger partial charge in [-0.25, -0.2) is 0 Å². The molecule has 6 rings (SSSR count). The van der Waals surface area contributed by atoms with Gasteiger partial charge in [-0.2, -0.15) is 0 Å². The van der Waals surface area contributed by atoms with E-state index in [1.54, 1.807) is 6.07 Å². The summed E-state index contributed by atoms with van der Waals surface area (Å²) in [6.45, 7) is 5.67. The van der Waals surface area contributed by atoms with E-state index >= 15 is 0 Å². The van der Waals surface area contributed by atoms with Crippen molar-refractivity contribution < 1.29 is 13.9 Å². The Morgan fingerprint density at radius 1 is 0.850 bits per heavy atom. The van der Waals surface area contributed by atoms with Crippen molar-refractivity contribution in [2.75, 3.05) is 39.3 Å². The van der Waals surface area contributed by atoms with Crippen LogP contribution in [0.4, 0.5) is 0 Å². The quantitative estimate of drug-likeness (QED) is 0.288. The van der Waals surface area contributed by atoms with Crippen molar-refractivity contribution in [2.24, 2.45) is 0 Å². The first-order chi connectivity index (χ1) is 19.6. The highest BCUT2D eigenvalue weighted by Crippen LogP contribution is 2.29. The predicted molar refractivity (Wildman–Crippen MR) is 159 cm³/mol. The van der Waals surface area contributed by atoms with Gasteiger partial charge in [0.1, 0.15) is 17.6 Å². The third-order valence-electron chi connectivity index (χ3n) is 7.74. The van der Waals surface area contributed by atoms with Crippen molar-refractivity contribution in [1.82, 2.24) is 15.1 Å². The molecule has 1 amide bonds. The molecule has 1 aromatic heterocycles. The van der Waals surface area contributed by atoms with E-state index in [0.717, 1.165) is 68.0 Å². The first-order valence-electron chi connectivity index (χ1n) is 14.1. The van der Waals surface area contributed by atoms with Crippen LogP contribution in [0.5, 0.6) is 5.75 Å². The van der Waals surface area contributed by atoms with E-state index < -0.39 is 0 Å². The van der Waals surface area contributed by atoms with Crippen molar-refractivity contribution in [1.29, 1.82) is 0 Å². The molecule has 3 aromatic carbocycles. The zero-order chi connectivity index (χ0) is 27.3. The fourth-order valence-corrected chi connectivity index (χ4v) is 5.67. The number of hydrogen-bond acceptors (Lipinski definition) is 5. The Labute approximate surface area is 240 Å². The molecule has 4 aromatic rings. The van der Waals surface area contributed by atoms with Crippen LogP contribution in [0, 0.1) is 0 Å². The van der Waals surface area contributed by atoms with Gasteiger partial charge in [0.05, 0.1) is 5.02 Å². The minimum Gasteiger partial charge on any atom is -0.489 e. The molecule has 40 heavy (non-hydrogen) atoms. The van der Waals surface area contributed by atoms with E-state index in [1.165, 1.54) is 5.56 Å². The van der Waals surface area contributed by atoms with Crippen LogP contribution < -0.4 is 10.1 Å². The van der Waals surface area contributed by atoms with E-state index in [0.29, 0.717) is 29.6 Å². The predicted octanol–water partition coefficient (Wildman–Crippen LogP) is 6.36. The van der Waals surface area contributed by atoms with E-state index in [-0.39, 0.29) is 12.0 Å². The van der Waals surface area contributed by atoms with E-state index in [1.807, 2.05) is 53.4 Å². The SMILES string of the molecule is O=C(c1ccc(-c2ccc(-c3ccccc3)cc2)o1)N1CCN(Cc2ccc(OC3CCNCC3)c(Cl)c2)CC1. The average Bonchev–Trinajstić information content (AvgIpc) is 3.50. The standard InChI is InChI=1S/C33H34ClN3O3/c34-29-22-24(6-11-31(29)39-28-14-16-35-17-15-28)23-36-18-20-37(21-19-36)33(38)32-13-12-30(40-32)27-9-7-26(8-10-27)25-4-2-1-3-5-25/h1-13,22,28,35H,14-21,23H2. The van der Waals surface area contributed by atoms with Crippen molar-refractivity contribution >= 4 is 17.5 Å². The third-order valence-corrected chi connectivity index (χ3v) is 8.03. The molecule has 2 aliphatic rings. The molecule has 7 heteroatoms. The Hall–Kier alpha value is -3.58. The summed E-state index contributed by atoms with van der Waals surface area (Å²) in [5, 5.41) is 4.02. The van der Waals surface area contributed by atoms with Crippen LogP contribution in [0.1, 0.15) is 29.0 Å². The lowest BCUT2D eigenvalue weighted by atomic mass is 10.0. The van der Waals surface area contributed by atoms with Crippen LogP contribution in [0.2, 0.25) is 5.02 Å². The van der Waals surface area contributed by atoms with Gasteiger partial charge >= 0.3 is 0 Å². The first kappa shape index (κ1) is 26.6. The van der Waals surface area contributed by atoms with Gasteiger partial charge < -0.3 is 19.4 Å². The Morgan fingerprint density at radius 2 is 1.55 bits per heavy atom.